The van der Waals surface area contributed by atoms with Gasteiger partial charge in [-0.05, 0) is 47.4 Å². The zero-order valence-corrected chi connectivity index (χ0v) is 22.0. The second-order valence-corrected chi connectivity index (χ2v) is 9.84. The molecular formula is C24H28BrN5O3S. The number of amides is 2. The van der Waals surface area contributed by atoms with E-state index in [1.807, 2.05) is 49.5 Å². The number of rotatable bonds is 10. The van der Waals surface area contributed by atoms with Crippen molar-refractivity contribution in [1.29, 1.82) is 0 Å². The topological polar surface area (TPSA) is 98.1 Å². The lowest BCUT2D eigenvalue weighted by atomic mass is 10.0. The van der Waals surface area contributed by atoms with E-state index in [1.54, 1.807) is 11.7 Å². The summed E-state index contributed by atoms with van der Waals surface area (Å²) < 4.78 is 7.89. The van der Waals surface area contributed by atoms with Crippen molar-refractivity contribution in [2.24, 2.45) is 7.05 Å². The molecule has 0 saturated heterocycles. The molecule has 0 spiro atoms. The fourth-order valence-electron chi connectivity index (χ4n) is 3.24. The number of hydrogen-bond donors (Lipinski definition) is 2. The number of ether oxygens (including phenoxy) is 1. The number of aromatic nitrogens is 3. The Labute approximate surface area is 212 Å². The molecule has 0 unspecified atom stereocenters. The number of nitrogens with zero attached hydrogens (tertiary/aromatic N) is 3. The monoisotopic (exact) mass is 545 g/mol. The summed E-state index contributed by atoms with van der Waals surface area (Å²) in [5, 5.41) is 14.8. The molecule has 0 aliphatic carbocycles. The molecule has 8 nitrogen and oxygen atoms in total. The van der Waals surface area contributed by atoms with Gasteiger partial charge >= 0.3 is 0 Å². The molecule has 1 heterocycles. The van der Waals surface area contributed by atoms with Crippen molar-refractivity contribution in [2.45, 2.75) is 37.9 Å². The maximum atomic E-state index is 12.5. The summed E-state index contributed by atoms with van der Waals surface area (Å²) in [5.74, 6) is 1.61. The van der Waals surface area contributed by atoms with E-state index >= 15 is 0 Å². The molecule has 34 heavy (non-hydrogen) atoms. The van der Waals surface area contributed by atoms with E-state index in [2.05, 4.69) is 50.6 Å². The van der Waals surface area contributed by atoms with Crippen LogP contribution in [0.3, 0.4) is 0 Å². The first-order valence-corrected chi connectivity index (χ1v) is 12.5. The summed E-state index contributed by atoms with van der Waals surface area (Å²) in [4.78, 5) is 24.8. The summed E-state index contributed by atoms with van der Waals surface area (Å²) in [6, 6.07) is 13.2. The molecule has 0 bridgehead atoms. The van der Waals surface area contributed by atoms with Gasteiger partial charge in [-0.15, -0.1) is 10.2 Å². The number of hydrogen-bond acceptors (Lipinski definition) is 6. The normalized spacial score (nSPS) is 10.9. The fraction of sp³-hybridized carbons (Fsp3) is 0.333. The standard InChI is InChI=1S/C24H28BrN5O3S/c1-15(2)19-12-17(25)7-10-20(19)27-23(32)14-34-24-29-28-21(30(24)3)13-26-22(31)11-16-5-8-18(33-4)9-6-16/h5-10,12,15H,11,13-14H2,1-4H3,(H,26,31)(H,27,32). The molecule has 0 aliphatic rings. The van der Waals surface area contributed by atoms with E-state index in [-0.39, 0.29) is 36.5 Å². The van der Waals surface area contributed by atoms with Crippen molar-refractivity contribution in [3.05, 3.63) is 63.9 Å². The number of benzene rings is 2. The summed E-state index contributed by atoms with van der Waals surface area (Å²) in [6.45, 7) is 4.42. The summed E-state index contributed by atoms with van der Waals surface area (Å²) >= 11 is 4.78. The van der Waals surface area contributed by atoms with Gasteiger partial charge in [-0.1, -0.05) is 53.7 Å². The third kappa shape index (κ3) is 7.07. The highest BCUT2D eigenvalue weighted by Crippen LogP contribution is 2.28. The molecule has 0 atom stereocenters. The largest absolute Gasteiger partial charge is 0.497 e. The highest BCUT2D eigenvalue weighted by molar-refractivity contribution is 9.10. The minimum absolute atomic E-state index is 0.114. The number of methoxy groups -OCH3 is 1. The van der Waals surface area contributed by atoms with Gasteiger partial charge in [-0.2, -0.15) is 0 Å². The molecule has 0 aliphatic heterocycles. The van der Waals surface area contributed by atoms with Gasteiger partial charge < -0.3 is 19.9 Å². The zero-order valence-electron chi connectivity index (χ0n) is 19.6. The van der Waals surface area contributed by atoms with E-state index in [1.165, 1.54) is 11.8 Å². The molecule has 180 valence electrons. The molecule has 1 aromatic heterocycles. The van der Waals surface area contributed by atoms with Crippen molar-refractivity contribution < 1.29 is 14.3 Å². The quantitative estimate of drug-likeness (QED) is 0.368. The fourth-order valence-corrected chi connectivity index (χ4v) is 4.34. The number of nitrogens with one attached hydrogen (secondary N) is 2. The Balaban J connectivity index is 1.50. The predicted octanol–water partition coefficient (Wildman–Crippen LogP) is 4.30. The minimum atomic E-state index is -0.119. The first-order valence-electron chi connectivity index (χ1n) is 10.8. The van der Waals surface area contributed by atoms with Crippen LogP contribution in [0.25, 0.3) is 0 Å². The number of carbonyl (C=O) groups is 2. The van der Waals surface area contributed by atoms with Crippen molar-refractivity contribution >= 4 is 45.2 Å². The minimum Gasteiger partial charge on any atom is -0.497 e. The van der Waals surface area contributed by atoms with Crippen molar-refractivity contribution in [3.8, 4) is 5.75 Å². The number of anilines is 1. The molecule has 2 aromatic carbocycles. The molecule has 0 saturated carbocycles. The Kier molecular flexibility index (Phi) is 9.12. The van der Waals surface area contributed by atoms with Gasteiger partial charge in [0, 0.05) is 17.2 Å². The Hall–Kier alpha value is -2.85. The van der Waals surface area contributed by atoms with Crippen LogP contribution in [0.2, 0.25) is 0 Å². The molecule has 2 amide bonds. The van der Waals surface area contributed by atoms with Gasteiger partial charge in [0.05, 0.1) is 25.8 Å². The summed E-state index contributed by atoms with van der Waals surface area (Å²) in [6.07, 6.45) is 0.262. The highest BCUT2D eigenvalue weighted by atomic mass is 79.9. The number of carbonyl (C=O) groups excluding carboxylic acids is 2. The van der Waals surface area contributed by atoms with E-state index in [9.17, 15) is 9.59 Å². The number of thioether (sulfide) groups is 1. The molecule has 2 N–H and O–H groups in total. The molecule has 0 radical (unpaired) electrons. The van der Waals surface area contributed by atoms with Crippen molar-refractivity contribution in [2.75, 3.05) is 18.2 Å². The molecule has 3 rings (SSSR count). The van der Waals surface area contributed by atoms with Crippen LogP contribution in [-0.2, 0) is 29.6 Å². The van der Waals surface area contributed by atoms with E-state index in [4.69, 9.17) is 4.74 Å². The smallest absolute Gasteiger partial charge is 0.234 e. The Morgan fingerprint density at radius 3 is 2.53 bits per heavy atom. The summed E-state index contributed by atoms with van der Waals surface area (Å²) in [5.41, 5.74) is 2.77. The molecular weight excluding hydrogens is 518 g/mol. The number of halogens is 1. The van der Waals surface area contributed by atoms with Crippen LogP contribution in [0.4, 0.5) is 5.69 Å². The molecule has 0 fully saturated rings. The lowest BCUT2D eigenvalue weighted by molar-refractivity contribution is -0.120. The predicted molar refractivity (Wildman–Crippen MR) is 137 cm³/mol. The van der Waals surface area contributed by atoms with E-state index in [0.717, 1.165) is 27.0 Å². The SMILES string of the molecule is COc1ccc(CC(=O)NCc2nnc(SCC(=O)Nc3ccc(Br)cc3C(C)C)n2C)cc1. The second-order valence-electron chi connectivity index (χ2n) is 7.98. The van der Waals surface area contributed by atoms with E-state index in [0.29, 0.717) is 11.0 Å². The Morgan fingerprint density at radius 2 is 1.85 bits per heavy atom. The lowest BCUT2D eigenvalue weighted by Crippen LogP contribution is -2.26. The van der Waals surface area contributed by atoms with Crippen LogP contribution < -0.4 is 15.4 Å². The Morgan fingerprint density at radius 1 is 1.12 bits per heavy atom. The zero-order chi connectivity index (χ0) is 24.7. The average Bonchev–Trinajstić information content (AvgIpc) is 3.17. The molecule has 3 aromatic rings. The van der Waals surface area contributed by atoms with Gasteiger partial charge in [0.2, 0.25) is 11.8 Å². The van der Waals surface area contributed by atoms with Crippen molar-refractivity contribution in [3.63, 3.8) is 0 Å². The van der Waals surface area contributed by atoms with Crippen LogP contribution in [0.5, 0.6) is 5.75 Å². The van der Waals surface area contributed by atoms with Crippen LogP contribution >= 0.6 is 27.7 Å². The van der Waals surface area contributed by atoms with Gasteiger partial charge in [0.1, 0.15) is 5.75 Å². The first kappa shape index (κ1) is 25.8. The maximum absolute atomic E-state index is 12.5. The van der Waals surface area contributed by atoms with E-state index < -0.39 is 0 Å². The average molecular weight is 546 g/mol. The van der Waals surface area contributed by atoms with Crippen LogP contribution in [0.15, 0.2) is 52.1 Å². The van der Waals surface area contributed by atoms with Gasteiger partial charge in [0.15, 0.2) is 11.0 Å². The first-order chi connectivity index (χ1) is 16.3. The van der Waals surface area contributed by atoms with Crippen LogP contribution in [0, 0.1) is 0 Å². The third-order valence-electron chi connectivity index (χ3n) is 5.13. The summed E-state index contributed by atoms with van der Waals surface area (Å²) in [7, 11) is 3.42. The third-order valence-corrected chi connectivity index (χ3v) is 6.65. The van der Waals surface area contributed by atoms with Gasteiger partial charge in [-0.3, -0.25) is 9.59 Å². The lowest BCUT2D eigenvalue weighted by Gasteiger charge is -2.14. The van der Waals surface area contributed by atoms with Crippen molar-refractivity contribution in [1.82, 2.24) is 20.1 Å². The highest BCUT2D eigenvalue weighted by Gasteiger charge is 2.14. The van der Waals surface area contributed by atoms with Gasteiger partial charge in [-0.25, -0.2) is 0 Å². The second kappa shape index (κ2) is 12.0. The van der Waals surface area contributed by atoms with Gasteiger partial charge in [0.25, 0.3) is 0 Å². The van der Waals surface area contributed by atoms with Crippen LogP contribution in [-0.4, -0.2) is 39.4 Å². The van der Waals surface area contributed by atoms with Crippen LogP contribution in [0.1, 0.15) is 36.7 Å². The maximum Gasteiger partial charge on any atom is 0.234 e. The Bertz CT molecular complexity index is 1150. The molecule has 10 heteroatoms.